The molecule has 9 heteroatoms. The van der Waals surface area contributed by atoms with Gasteiger partial charge in [-0.1, -0.05) is 13.8 Å². The highest BCUT2D eigenvalue weighted by atomic mass is 32.2. The number of rotatable bonds is 7. The van der Waals surface area contributed by atoms with Crippen molar-refractivity contribution in [2.75, 3.05) is 6.54 Å². The molecule has 0 aliphatic heterocycles. The molecule has 0 spiro atoms. The summed E-state index contributed by atoms with van der Waals surface area (Å²) in [5, 5.41) is 9.06. The lowest BCUT2D eigenvalue weighted by Gasteiger charge is -2.15. The van der Waals surface area contributed by atoms with E-state index >= 15 is 0 Å². The van der Waals surface area contributed by atoms with Gasteiger partial charge in [0, 0.05) is 6.54 Å². The van der Waals surface area contributed by atoms with Gasteiger partial charge in [0.1, 0.15) is 0 Å². The molecule has 0 saturated heterocycles. The van der Waals surface area contributed by atoms with Crippen molar-refractivity contribution in [3.63, 3.8) is 0 Å². The molecule has 1 atom stereocenters. The topological polar surface area (TPSA) is 83.5 Å². The van der Waals surface area contributed by atoms with Gasteiger partial charge in [0.25, 0.3) is 0 Å². The van der Waals surface area contributed by atoms with Crippen molar-refractivity contribution in [3.05, 3.63) is 29.8 Å². The molecule has 1 aromatic carbocycles. The van der Waals surface area contributed by atoms with Crippen molar-refractivity contribution >= 4 is 16.0 Å². The van der Waals surface area contributed by atoms with Gasteiger partial charge < -0.3 is 5.11 Å². The zero-order valence-electron chi connectivity index (χ0n) is 12.6. The maximum Gasteiger partial charge on any atom is 0.416 e. The number of halogens is 3. The third kappa shape index (κ3) is 5.83. The van der Waals surface area contributed by atoms with E-state index in [0.717, 1.165) is 12.1 Å². The van der Waals surface area contributed by atoms with Crippen LogP contribution in [0.3, 0.4) is 0 Å². The molecular formula is C14H18F3NO4S. The van der Waals surface area contributed by atoms with Crippen molar-refractivity contribution in [2.24, 2.45) is 11.8 Å². The summed E-state index contributed by atoms with van der Waals surface area (Å²) in [5.74, 6) is -1.97. The van der Waals surface area contributed by atoms with Gasteiger partial charge in [0.15, 0.2) is 0 Å². The van der Waals surface area contributed by atoms with Gasteiger partial charge in [-0.15, -0.1) is 0 Å². The van der Waals surface area contributed by atoms with Crippen LogP contribution in [0.1, 0.15) is 25.8 Å². The third-order valence-corrected chi connectivity index (χ3v) is 4.56. The number of benzene rings is 1. The molecule has 0 saturated carbocycles. The van der Waals surface area contributed by atoms with E-state index in [4.69, 9.17) is 5.11 Å². The first-order valence-electron chi connectivity index (χ1n) is 6.83. The van der Waals surface area contributed by atoms with Gasteiger partial charge in [-0.3, -0.25) is 4.79 Å². The standard InChI is InChI=1S/C14H18F3NO4S/c1-9(2)7-10(13(19)20)8-18-23(21,22)12-5-3-11(4-6-12)14(15,16)17/h3-6,9-10,18H,7-8H2,1-2H3,(H,19,20). The second kappa shape index (κ2) is 7.31. The zero-order valence-corrected chi connectivity index (χ0v) is 13.4. The quantitative estimate of drug-likeness (QED) is 0.789. The highest BCUT2D eigenvalue weighted by Crippen LogP contribution is 2.29. The van der Waals surface area contributed by atoms with Crippen LogP contribution in [0.15, 0.2) is 29.2 Å². The van der Waals surface area contributed by atoms with Crippen LogP contribution in [-0.2, 0) is 21.0 Å². The average Bonchev–Trinajstić information content (AvgIpc) is 2.42. The summed E-state index contributed by atoms with van der Waals surface area (Å²) in [6.07, 6.45) is -4.27. The smallest absolute Gasteiger partial charge is 0.416 e. The van der Waals surface area contributed by atoms with Gasteiger partial charge in [-0.05, 0) is 36.6 Å². The fraction of sp³-hybridized carbons (Fsp3) is 0.500. The van der Waals surface area contributed by atoms with E-state index in [9.17, 15) is 26.4 Å². The molecule has 23 heavy (non-hydrogen) atoms. The largest absolute Gasteiger partial charge is 0.481 e. The van der Waals surface area contributed by atoms with E-state index < -0.39 is 33.7 Å². The minimum atomic E-state index is -4.55. The molecule has 0 radical (unpaired) electrons. The number of sulfonamides is 1. The molecule has 1 unspecified atom stereocenters. The summed E-state index contributed by atoms with van der Waals surface area (Å²) in [7, 11) is -4.07. The highest BCUT2D eigenvalue weighted by Gasteiger charge is 2.30. The van der Waals surface area contributed by atoms with E-state index in [1.807, 2.05) is 0 Å². The monoisotopic (exact) mass is 353 g/mol. The van der Waals surface area contributed by atoms with Crippen LogP contribution in [0.4, 0.5) is 13.2 Å². The second-order valence-electron chi connectivity index (χ2n) is 5.54. The Balaban J connectivity index is 2.85. The van der Waals surface area contributed by atoms with Crippen LogP contribution in [0.25, 0.3) is 0 Å². The summed E-state index contributed by atoms with van der Waals surface area (Å²) in [4.78, 5) is 10.7. The second-order valence-corrected chi connectivity index (χ2v) is 7.31. The van der Waals surface area contributed by atoms with Crippen LogP contribution in [0.2, 0.25) is 0 Å². The lowest BCUT2D eigenvalue weighted by Crippen LogP contribution is -2.33. The minimum absolute atomic E-state index is 0.0617. The summed E-state index contributed by atoms with van der Waals surface area (Å²) in [6.45, 7) is 3.29. The summed E-state index contributed by atoms with van der Waals surface area (Å²) >= 11 is 0. The van der Waals surface area contributed by atoms with Crippen molar-refractivity contribution in [2.45, 2.75) is 31.3 Å². The highest BCUT2D eigenvalue weighted by molar-refractivity contribution is 7.89. The Morgan fingerprint density at radius 3 is 2.13 bits per heavy atom. The maximum atomic E-state index is 12.4. The number of hydrogen-bond donors (Lipinski definition) is 2. The molecule has 0 bridgehead atoms. The van der Waals surface area contributed by atoms with E-state index in [1.165, 1.54) is 0 Å². The molecule has 0 heterocycles. The van der Waals surface area contributed by atoms with Gasteiger partial charge in [0.05, 0.1) is 16.4 Å². The molecule has 0 aromatic heterocycles. The molecule has 2 N–H and O–H groups in total. The fourth-order valence-corrected chi connectivity index (χ4v) is 3.04. The molecule has 0 amide bonds. The molecule has 0 aliphatic carbocycles. The SMILES string of the molecule is CC(C)CC(CNS(=O)(=O)c1ccc(C(F)(F)F)cc1)C(=O)O. The molecular weight excluding hydrogens is 335 g/mol. The fourth-order valence-electron chi connectivity index (χ4n) is 1.96. The molecule has 0 aliphatic rings. The van der Waals surface area contributed by atoms with Gasteiger partial charge in [-0.2, -0.15) is 13.2 Å². The third-order valence-electron chi connectivity index (χ3n) is 3.12. The van der Waals surface area contributed by atoms with E-state index in [2.05, 4.69) is 4.72 Å². The summed E-state index contributed by atoms with van der Waals surface area (Å²) in [5.41, 5.74) is -0.959. The van der Waals surface area contributed by atoms with Crippen LogP contribution >= 0.6 is 0 Å². The number of hydrogen-bond acceptors (Lipinski definition) is 3. The number of aliphatic carboxylic acids is 1. The molecule has 130 valence electrons. The Morgan fingerprint density at radius 2 is 1.74 bits per heavy atom. The molecule has 0 fully saturated rings. The van der Waals surface area contributed by atoms with Gasteiger partial charge >= 0.3 is 12.1 Å². The van der Waals surface area contributed by atoms with Crippen molar-refractivity contribution in [1.82, 2.24) is 4.72 Å². The van der Waals surface area contributed by atoms with Crippen LogP contribution in [0.5, 0.6) is 0 Å². The number of carboxylic acids is 1. The Bertz CT molecular complexity index is 639. The molecule has 1 aromatic rings. The summed E-state index contributed by atoms with van der Waals surface area (Å²) < 4.78 is 63.5. The molecule has 5 nitrogen and oxygen atoms in total. The Hall–Kier alpha value is -1.61. The number of nitrogens with one attached hydrogen (secondary N) is 1. The first-order chi connectivity index (χ1) is 10.4. The van der Waals surface area contributed by atoms with Gasteiger partial charge in [-0.25, -0.2) is 13.1 Å². The van der Waals surface area contributed by atoms with Crippen LogP contribution in [0, 0.1) is 11.8 Å². The Kier molecular flexibility index (Phi) is 6.18. The van der Waals surface area contributed by atoms with Crippen LogP contribution in [-0.4, -0.2) is 26.0 Å². The predicted molar refractivity (Wildman–Crippen MR) is 77.2 cm³/mol. The van der Waals surface area contributed by atoms with Crippen molar-refractivity contribution in [3.8, 4) is 0 Å². The number of carboxylic acid groups (broad SMARTS) is 1. The van der Waals surface area contributed by atoms with E-state index in [-0.39, 0.29) is 23.8 Å². The number of carbonyl (C=O) groups is 1. The molecule has 1 rings (SSSR count). The Morgan fingerprint density at radius 1 is 1.22 bits per heavy atom. The van der Waals surface area contributed by atoms with Crippen LogP contribution < -0.4 is 4.72 Å². The van der Waals surface area contributed by atoms with Crippen molar-refractivity contribution in [1.29, 1.82) is 0 Å². The first kappa shape index (κ1) is 19.4. The van der Waals surface area contributed by atoms with Crippen molar-refractivity contribution < 1.29 is 31.5 Å². The Labute approximate surface area is 132 Å². The average molecular weight is 353 g/mol. The normalized spacial score (nSPS) is 14.0. The minimum Gasteiger partial charge on any atom is -0.481 e. The zero-order chi connectivity index (χ0) is 17.8. The maximum absolute atomic E-state index is 12.4. The van der Waals surface area contributed by atoms with E-state index in [1.54, 1.807) is 13.8 Å². The van der Waals surface area contributed by atoms with E-state index in [0.29, 0.717) is 12.1 Å². The first-order valence-corrected chi connectivity index (χ1v) is 8.31. The predicted octanol–water partition coefficient (Wildman–Crippen LogP) is 2.73. The summed E-state index contributed by atoms with van der Waals surface area (Å²) in [6, 6.07) is 3.00. The lowest BCUT2D eigenvalue weighted by atomic mass is 9.98. The van der Waals surface area contributed by atoms with Gasteiger partial charge in [0.2, 0.25) is 10.0 Å². The number of alkyl halides is 3. The lowest BCUT2D eigenvalue weighted by molar-refractivity contribution is -0.142.